The molecule has 0 aliphatic rings. The van der Waals surface area contributed by atoms with Crippen molar-refractivity contribution >= 4 is 5.69 Å². The van der Waals surface area contributed by atoms with Gasteiger partial charge in [-0.25, -0.2) is 5.43 Å². The van der Waals surface area contributed by atoms with E-state index in [1.807, 2.05) is 12.1 Å². The lowest BCUT2D eigenvalue weighted by Crippen LogP contribution is -2.24. The van der Waals surface area contributed by atoms with E-state index in [4.69, 9.17) is 5.11 Å². The third-order valence-electron chi connectivity index (χ3n) is 1.13. The Hall–Kier alpha value is -1.13. The summed E-state index contributed by atoms with van der Waals surface area (Å²) < 4.78 is 0. The van der Waals surface area contributed by atoms with Crippen molar-refractivity contribution in [2.24, 2.45) is 0 Å². The van der Waals surface area contributed by atoms with Gasteiger partial charge in [0.25, 0.3) is 0 Å². The van der Waals surface area contributed by atoms with Gasteiger partial charge in [-0.3, -0.25) is 4.98 Å². The number of rotatable bonds is 4. The van der Waals surface area contributed by atoms with Crippen LogP contribution in [0.5, 0.6) is 0 Å². The van der Waals surface area contributed by atoms with Crippen LogP contribution in [0.15, 0.2) is 24.5 Å². The van der Waals surface area contributed by atoms with Crippen molar-refractivity contribution < 1.29 is 5.11 Å². The molecule has 0 spiro atoms. The summed E-state index contributed by atoms with van der Waals surface area (Å²) in [6, 6.07) is 3.72. The van der Waals surface area contributed by atoms with E-state index < -0.39 is 0 Å². The molecule has 0 radical (unpaired) electrons. The van der Waals surface area contributed by atoms with Gasteiger partial charge >= 0.3 is 0 Å². The second-order valence-corrected chi connectivity index (χ2v) is 2.02. The molecule has 0 atom stereocenters. The Kier molecular flexibility index (Phi) is 3.37. The number of hydrogen-bond donors (Lipinski definition) is 3. The van der Waals surface area contributed by atoms with E-state index in [0.717, 1.165) is 5.69 Å². The van der Waals surface area contributed by atoms with Crippen LogP contribution in [0.3, 0.4) is 0 Å². The number of aliphatic hydroxyl groups is 1. The Morgan fingerprint density at radius 3 is 3.09 bits per heavy atom. The molecule has 1 aromatic heterocycles. The van der Waals surface area contributed by atoms with Gasteiger partial charge in [-0.05, 0) is 12.1 Å². The summed E-state index contributed by atoms with van der Waals surface area (Å²) in [6.07, 6.45) is 3.40. The molecule has 0 aliphatic heterocycles. The van der Waals surface area contributed by atoms with E-state index in [1.54, 1.807) is 12.4 Å². The van der Waals surface area contributed by atoms with Crippen LogP contribution in [0.2, 0.25) is 0 Å². The van der Waals surface area contributed by atoms with Crippen molar-refractivity contribution in [2.45, 2.75) is 0 Å². The van der Waals surface area contributed by atoms with E-state index in [1.165, 1.54) is 0 Å². The molecule has 0 bridgehead atoms. The fourth-order valence-electron chi connectivity index (χ4n) is 0.657. The average molecular weight is 153 g/mol. The Morgan fingerprint density at radius 1 is 1.55 bits per heavy atom. The molecule has 1 rings (SSSR count). The number of aliphatic hydroxyl groups excluding tert-OH is 1. The summed E-state index contributed by atoms with van der Waals surface area (Å²) in [4.78, 5) is 3.90. The second-order valence-electron chi connectivity index (χ2n) is 2.02. The van der Waals surface area contributed by atoms with Crippen LogP contribution in [0.25, 0.3) is 0 Å². The minimum Gasteiger partial charge on any atom is -0.395 e. The Labute approximate surface area is 65.2 Å². The molecule has 60 valence electrons. The molecule has 4 heteroatoms. The summed E-state index contributed by atoms with van der Waals surface area (Å²) in [7, 11) is 0. The van der Waals surface area contributed by atoms with Crippen LogP contribution in [0, 0.1) is 0 Å². The fraction of sp³-hybridized carbons (Fsp3) is 0.286. The maximum atomic E-state index is 8.43. The Bertz CT molecular complexity index is 190. The first-order chi connectivity index (χ1) is 5.43. The van der Waals surface area contributed by atoms with Gasteiger partial charge in [0.05, 0.1) is 18.5 Å². The van der Waals surface area contributed by atoms with Crippen molar-refractivity contribution in [3.8, 4) is 0 Å². The number of aromatic nitrogens is 1. The first-order valence-electron chi connectivity index (χ1n) is 3.43. The molecule has 3 N–H and O–H groups in total. The van der Waals surface area contributed by atoms with Crippen molar-refractivity contribution in [1.82, 2.24) is 10.4 Å². The number of hydrazine groups is 1. The lowest BCUT2D eigenvalue weighted by molar-refractivity contribution is 0.296. The monoisotopic (exact) mass is 153 g/mol. The van der Waals surface area contributed by atoms with Gasteiger partial charge in [-0.2, -0.15) is 0 Å². The number of nitrogens with zero attached hydrogens (tertiary/aromatic N) is 1. The van der Waals surface area contributed by atoms with Gasteiger partial charge in [0.15, 0.2) is 0 Å². The van der Waals surface area contributed by atoms with Crippen LogP contribution in [0.1, 0.15) is 0 Å². The molecule has 0 unspecified atom stereocenters. The van der Waals surface area contributed by atoms with E-state index >= 15 is 0 Å². The molecular weight excluding hydrogens is 142 g/mol. The van der Waals surface area contributed by atoms with Gasteiger partial charge in [0, 0.05) is 12.7 Å². The summed E-state index contributed by atoms with van der Waals surface area (Å²) in [6.45, 7) is 0.641. The number of hydrogen-bond acceptors (Lipinski definition) is 4. The van der Waals surface area contributed by atoms with Crippen LogP contribution in [-0.2, 0) is 0 Å². The first-order valence-corrected chi connectivity index (χ1v) is 3.43. The third-order valence-corrected chi connectivity index (χ3v) is 1.13. The minimum absolute atomic E-state index is 0.118. The van der Waals surface area contributed by atoms with Gasteiger partial charge in [0.2, 0.25) is 0 Å². The molecule has 0 aromatic carbocycles. The van der Waals surface area contributed by atoms with Crippen LogP contribution >= 0.6 is 0 Å². The van der Waals surface area contributed by atoms with E-state index in [9.17, 15) is 0 Å². The van der Waals surface area contributed by atoms with E-state index in [2.05, 4.69) is 15.8 Å². The van der Waals surface area contributed by atoms with Gasteiger partial charge in [-0.1, -0.05) is 0 Å². The zero-order chi connectivity index (χ0) is 7.94. The molecule has 4 nitrogen and oxygen atoms in total. The van der Waals surface area contributed by atoms with Gasteiger partial charge in [-0.15, -0.1) is 0 Å². The zero-order valence-electron chi connectivity index (χ0n) is 6.12. The lowest BCUT2D eigenvalue weighted by Gasteiger charge is -2.04. The van der Waals surface area contributed by atoms with Crippen molar-refractivity contribution in [1.29, 1.82) is 0 Å². The molecule has 0 saturated heterocycles. The summed E-state index contributed by atoms with van der Waals surface area (Å²) >= 11 is 0. The Morgan fingerprint density at radius 2 is 2.45 bits per heavy atom. The first kappa shape index (κ1) is 7.97. The molecular formula is C7H11N3O. The summed E-state index contributed by atoms with van der Waals surface area (Å²) in [5.41, 5.74) is 6.57. The summed E-state index contributed by atoms with van der Waals surface area (Å²) in [5, 5.41) is 8.43. The van der Waals surface area contributed by atoms with Crippen LogP contribution in [0.4, 0.5) is 5.69 Å². The maximum Gasteiger partial charge on any atom is 0.0671 e. The largest absolute Gasteiger partial charge is 0.395 e. The summed E-state index contributed by atoms with van der Waals surface area (Å²) in [5.74, 6) is 0. The SMILES string of the molecule is OCCNNc1cccnc1. The second kappa shape index (κ2) is 4.65. The van der Waals surface area contributed by atoms with Crippen LogP contribution in [-0.4, -0.2) is 23.2 Å². The average Bonchev–Trinajstić information content (AvgIpc) is 2.07. The minimum atomic E-state index is 0.118. The highest BCUT2D eigenvalue weighted by Gasteiger charge is 1.86. The molecule has 11 heavy (non-hydrogen) atoms. The van der Waals surface area contributed by atoms with Gasteiger partial charge in [0.1, 0.15) is 0 Å². The molecule has 0 saturated carbocycles. The van der Waals surface area contributed by atoms with Crippen molar-refractivity contribution in [3.63, 3.8) is 0 Å². The molecule has 1 aromatic rings. The quantitative estimate of drug-likeness (QED) is 0.420. The standard InChI is InChI=1S/C7H11N3O/c11-5-4-9-10-7-2-1-3-8-6-7/h1-3,6,9-11H,4-5H2. The Balaban J connectivity index is 2.28. The van der Waals surface area contributed by atoms with Crippen LogP contribution < -0.4 is 10.9 Å². The molecule has 1 heterocycles. The predicted molar refractivity (Wildman–Crippen MR) is 42.9 cm³/mol. The highest BCUT2D eigenvalue weighted by atomic mass is 16.3. The number of anilines is 1. The van der Waals surface area contributed by atoms with Gasteiger partial charge < -0.3 is 10.5 Å². The predicted octanol–water partition coefficient (Wildman–Crippen LogP) is -0.00960. The maximum absolute atomic E-state index is 8.43. The number of nitrogens with one attached hydrogen (secondary N) is 2. The number of pyridine rings is 1. The molecule has 0 amide bonds. The third kappa shape index (κ3) is 2.97. The molecule has 0 fully saturated rings. The van der Waals surface area contributed by atoms with E-state index in [-0.39, 0.29) is 6.61 Å². The smallest absolute Gasteiger partial charge is 0.0671 e. The highest BCUT2D eigenvalue weighted by Crippen LogP contribution is 1.98. The molecule has 0 aliphatic carbocycles. The van der Waals surface area contributed by atoms with E-state index in [0.29, 0.717) is 6.54 Å². The van der Waals surface area contributed by atoms with Crippen molar-refractivity contribution in [2.75, 3.05) is 18.6 Å². The fourth-order valence-corrected chi connectivity index (χ4v) is 0.657. The van der Waals surface area contributed by atoms with Crippen molar-refractivity contribution in [3.05, 3.63) is 24.5 Å². The topological polar surface area (TPSA) is 57.2 Å². The zero-order valence-corrected chi connectivity index (χ0v) is 6.12. The lowest BCUT2D eigenvalue weighted by atomic mass is 10.4. The highest BCUT2D eigenvalue weighted by molar-refractivity contribution is 5.38. The normalized spacial score (nSPS) is 9.55.